The van der Waals surface area contributed by atoms with E-state index in [9.17, 15) is 4.79 Å². The lowest BCUT2D eigenvalue weighted by molar-refractivity contribution is -0.121. The summed E-state index contributed by atoms with van der Waals surface area (Å²) in [6.45, 7) is 15.5. The Morgan fingerprint density at radius 3 is 2.30 bits per heavy atom. The van der Waals surface area contributed by atoms with Gasteiger partial charge in [-0.15, -0.1) is 11.8 Å². The quantitative estimate of drug-likeness (QED) is 0.381. The zero-order chi connectivity index (χ0) is 23.0. The molecule has 0 saturated carbocycles. The third-order valence-corrected chi connectivity index (χ3v) is 6.82. The normalized spacial score (nSPS) is 13.1. The molecule has 0 unspecified atom stereocenters. The van der Waals surface area contributed by atoms with Gasteiger partial charge in [-0.05, 0) is 49.9 Å². The first-order valence-electron chi connectivity index (χ1n) is 11.4. The first kappa shape index (κ1) is 21.2. The van der Waals surface area contributed by atoms with Crippen LogP contribution in [-0.2, 0) is 16.8 Å². The minimum Gasteiger partial charge on any atom is -0.338 e. The average Bonchev–Trinajstić information content (AvgIpc) is 2.99. The first-order chi connectivity index (χ1) is 14.5. The molecule has 2 aromatic carbocycles. The Balaban J connectivity index is 2.39. The highest BCUT2D eigenvalue weighted by atomic mass is 32.2. The van der Waals surface area contributed by atoms with E-state index in [1.807, 2.05) is 31.7 Å². The fourth-order valence-electron chi connectivity index (χ4n) is 3.79. The van der Waals surface area contributed by atoms with Crippen LogP contribution in [0.5, 0.6) is 0 Å². The van der Waals surface area contributed by atoms with Crippen LogP contribution < -0.4 is 0 Å². The second kappa shape index (κ2) is 8.26. The topological polar surface area (TPSA) is 22.0 Å². The molecule has 3 rings (SSSR count). The standard InChI is InChI=1S/C27H35NOS/c1-18(2)21-14-15-23-22(16-21)24(30-26(4,5)6)25(27(7,8)19(3)29)28(23)17-20-12-10-9-11-13-20/h9-16,18H,17H2,1-8H3/i3T. The Bertz CT molecular complexity index is 1070. The molecule has 0 radical (unpaired) electrons. The average molecular weight is 424 g/mol. The lowest BCUT2D eigenvalue weighted by Gasteiger charge is -2.28. The SMILES string of the molecule is [3H]CC(=O)C(C)(C)c1c(SC(C)(C)C)c2cc(C(C)C)ccc2n1Cc1ccccc1. The zero-order valence-electron chi connectivity index (χ0n) is 20.4. The van der Waals surface area contributed by atoms with Crippen molar-refractivity contribution in [1.82, 2.24) is 4.57 Å². The second-order valence-corrected chi connectivity index (χ2v) is 11.8. The van der Waals surface area contributed by atoms with Gasteiger partial charge in [-0.3, -0.25) is 4.79 Å². The largest absolute Gasteiger partial charge is 0.338 e. The zero-order valence-corrected chi connectivity index (χ0v) is 20.2. The van der Waals surface area contributed by atoms with Gasteiger partial charge in [0.1, 0.15) is 5.78 Å². The van der Waals surface area contributed by atoms with Crippen LogP contribution in [0.1, 0.15) is 79.5 Å². The van der Waals surface area contributed by atoms with Crippen LogP contribution in [0.15, 0.2) is 53.4 Å². The molecule has 0 aliphatic heterocycles. The highest BCUT2D eigenvalue weighted by molar-refractivity contribution is 8.00. The van der Waals surface area contributed by atoms with Gasteiger partial charge in [0.15, 0.2) is 0 Å². The number of Topliss-reactive ketones (excluding diaryl/α,β-unsaturated/α-hetero) is 1. The van der Waals surface area contributed by atoms with Crippen LogP contribution >= 0.6 is 11.8 Å². The summed E-state index contributed by atoms with van der Waals surface area (Å²) in [6, 6.07) is 17.1. The smallest absolute Gasteiger partial charge is 0.141 e. The van der Waals surface area contributed by atoms with Gasteiger partial charge < -0.3 is 4.57 Å². The van der Waals surface area contributed by atoms with Gasteiger partial charge >= 0.3 is 0 Å². The van der Waals surface area contributed by atoms with Crippen molar-refractivity contribution < 1.29 is 6.17 Å². The van der Waals surface area contributed by atoms with Crippen LogP contribution in [0.25, 0.3) is 10.9 Å². The number of carbonyl (C=O) groups excluding carboxylic acids is 1. The lowest BCUT2D eigenvalue weighted by Crippen LogP contribution is -2.30. The monoisotopic (exact) mass is 423 g/mol. The summed E-state index contributed by atoms with van der Waals surface area (Å²) in [4.78, 5) is 14.2. The fourth-order valence-corrected chi connectivity index (χ4v) is 5.14. The van der Waals surface area contributed by atoms with Gasteiger partial charge in [0, 0.05) is 34.2 Å². The Morgan fingerprint density at radius 1 is 1.07 bits per heavy atom. The first-order valence-corrected chi connectivity index (χ1v) is 11.5. The van der Waals surface area contributed by atoms with E-state index < -0.39 is 5.41 Å². The molecule has 0 N–H and O–H groups in total. The molecule has 0 aliphatic rings. The van der Waals surface area contributed by atoms with E-state index in [0.717, 1.165) is 11.2 Å². The summed E-state index contributed by atoms with van der Waals surface area (Å²) in [5.74, 6) is 0.380. The molecular formula is C27H35NOS. The Kier molecular flexibility index (Phi) is 5.85. The third-order valence-electron chi connectivity index (χ3n) is 5.59. The highest BCUT2D eigenvalue weighted by Crippen LogP contribution is 2.46. The molecule has 0 fully saturated rings. The molecule has 0 saturated heterocycles. The minimum atomic E-state index is -0.749. The molecule has 30 heavy (non-hydrogen) atoms. The van der Waals surface area contributed by atoms with Crippen LogP contribution in [0.3, 0.4) is 0 Å². The highest BCUT2D eigenvalue weighted by Gasteiger charge is 2.36. The molecule has 3 heteroatoms. The Morgan fingerprint density at radius 2 is 1.73 bits per heavy atom. The molecule has 0 bridgehead atoms. The molecular weight excluding hydrogens is 386 g/mol. The van der Waals surface area contributed by atoms with Crippen molar-refractivity contribution in [3.63, 3.8) is 0 Å². The number of rotatable bonds is 6. The molecule has 1 heterocycles. The van der Waals surface area contributed by atoms with E-state index in [0.29, 0.717) is 12.5 Å². The number of carbonyl (C=O) groups is 1. The molecule has 1 aromatic heterocycles. The van der Waals surface area contributed by atoms with Gasteiger partial charge in [0.25, 0.3) is 0 Å². The van der Waals surface area contributed by atoms with Gasteiger partial charge in [-0.25, -0.2) is 0 Å². The predicted octanol–water partition coefficient (Wildman–Crippen LogP) is 7.57. The predicted molar refractivity (Wildman–Crippen MR) is 131 cm³/mol. The minimum absolute atomic E-state index is 0.00542. The van der Waals surface area contributed by atoms with Crippen molar-refractivity contribution in [2.75, 3.05) is 0 Å². The molecule has 0 atom stereocenters. The molecule has 3 aromatic rings. The maximum absolute atomic E-state index is 13.0. The lowest BCUT2D eigenvalue weighted by atomic mass is 9.85. The number of benzene rings is 2. The number of thioether (sulfide) groups is 1. The third kappa shape index (κ3) is 4.51. The fraction of sp³-hybridized carbons (Fsp3) is 0.444. The number of hydrogen-bond donors (Lipinski definition) is 0. The van der Waals surface area contributed by atoms with E-state index in [-0.39, 0.29) is 17.4 Å². The maximum Gasteiger partial charge on any atom is 0.141 e. The number of aromatic nitrogens is 1. The van der Waals surface area contributed by atoms with Gasteiger partial charge in [-0.1, -0.05) is 71.0 Å². The van der Waals surface area contributed by atoms with Crippen molar-refractivity contribution in [2.45, 2.75) is 82.9 Å². The van der Waals surface area contributed by atoms with Crippen LogP contribution in [0, 0.1) is 0 Å². The van der Waals surface area contributed by atoms with E-state index in [1.165, 1.54) is 21.4 Å². The van der Waals surface area contributed by atoms with Gasteiger partial charge in [0.2, 0.25) is 0 Å². The molecule has 0 spiro atoms. The number of nitrogens with zero attached hydrogens (tertiary/aromatic N) is 1. The van der Waals surface area contributed by atoms with Crippen LogP contribution in [-0.4, -0.2) is 15.1 Å². The van der Waals surface area contributed by atoms with E-state index in [4.69, 9.17) is 1.37 Å². The Labute approximate surface area is 187 Å². The summed E-state index contributed by atoms with van der Waals surface area (Å²) >= 11 is 1.83. The summed E-state index contributed by atoms with van der Waals surface area (Å²) in [5, 5.41) is 1.21. The van der Waals surface area contributed by atoms with E-state index >= 15 is 0 Å². The molecule has 0 aliphatic carbocycles. The Hall–Kier alpha value is -2.00. The second-order valence-electron chi connectivity index (χ2n) is 9.94. The summed E-state index contributed by atoms with van der Waals surface area (Å²) in [5.41, 5.74) is 3.94. The van der Waals surface area contributed by atoms with E-state index in [2.05, 4.69) is 81.7 Å². The summed E-state index contributed by atoms with van der Waals surface area (Å²) in [7, 11) is 0. The summed E-state index contributed by atoms with van der Waals surface area (Å²) < 4.78 is 10.1. The maximum atomic E-state index is 13.0. The van der Waals surface area contributed by atoms with Gasteiger partial charge in [-0.2, -0.15) is 0 Å². The van der Waals surface area contributed by atoms with Crippen molar-refractivity contribution in [1.29, 1.82) is 0 Å². The number of hydrogen-bond acceptors (Lipinski definition) is 2. The summed E-state index contributed by atoms with van der Waals surface area (Å²) in [6.07, 6.45) is 0. The number of ketones is 1. The van der Waals surface area contributed by atoms with Crippen LogP contribution in [0.4, 0.5) is 0 Å². The van der Waals surface area contributed by atoms with Crippen molar-refractivity contribution >= 4 is 28.4 Å². The van der Waals surface area contributed by atoms with Crippen molar-refractivity contribution in [3.05, 3.63) is 65.4 Å². The molecule has 160 valence electrons. The van der Waals surface area contributed by atoms with E-state index in [1.54, 1.807) is 0 Å². The van der Waals surface area contributed by atoms with Crippen LogP contribution in [0.2, 0.25) is 0 Å². The molecule has 2 nitrogen and oxygen atoms in total. The van der Waals surface area contributed by atoms with Gasteiger partial charge in [0.05, 0.1) is 5.41 Å². The van der Waals surface area contributed by atoms with Crippen molar-refractivity contribution in [2.24, 2.45) is 0 Å². The van der Waals surface area contributed by atoms with Crippen molar-refractivity contribution in [3.8, 4) is 0 Å². The molecule has 0 amide bonds. The number of fused-ring (bicyclic) bond motifs is 1.